The van der Waals surface area contributed by atoms with E-state index in [2.05, 4.69) is 5.32 Å². The molecule has 8 nitrogen and oxygen atoms in total. The summed E-state index contributed by atoms with van der Waals surface area (Å²) in [6.07, 6.45) is 3.77. The zero-order chi connectivity index (χ0) is 25.4. The average molecular weight is 507 g/mol. The molecule has 2 aliphatic rings. The van der Waals surface area contributed by atoms with E-state index < -0.39 is 11.0 Å². The first-order chi connectivity index (χ1) is 15.2. The van der Waals surface area contributed by atoms with Crippen molar-refractivity contribution in [2.75, 3.05) is 40.4 Å². The van der Waals surface area contributed by atoms with Crippen LogP contribution in [0.15, 0.2) is 0 Å². The number of methoxy groups -OCH3 is 2. The topological polar surface area (TPSA) is 94.2 Å². The van der Waals surface area contributed by atoms with Gasteiger partial charge < -0.3 is 24.4 Å². The highest BCUT2D eigenvalue weighted by molar-refractivity contribution is 5.85. The summed E-state index contributed by atoms with van der Waals surface area (Å²) in [7, 11) is 2.86. The third-order valence-electron chi connectivity index (χ3n) is 6.83. The van der Waals surface area contributed by atoms with E-state index >= 15 is 0 Å². The Labute approximate surface area is 212 Å². The first-order valence-electron chi connectivity index (χ1n) is 12.0. The van der Waals surface area contributed by atoms with Crippen molar-refractivity contribution in [2.24, 2.45) is 22.7 Å². The van der Waals surface area contributed by atoms with E-state index in [0.29, 0.717) is 19.0 Å². The largest absolute Gasteiger partial charge is 0.469 e. The lowest BCUT2D eigenvalue weighted by molar-refractivity contribution is -0.155. The number of halogens is 1. The van der Waals surface area contributed by atoms with Gasteiger partial charge in [0.25, 0.3) is 0 Å². The van der Waals surface area contributed by atoms with Crippen LogP contribution in [0, 0.1) is 22.7 Å². The molecule has 0 aromatic heterocycles. The fourth-order valence-electron chi connectivity index (χ4n) is 4.39. The minimum Gasteiger partial charge on any atom is -0.469 e. The Bertz CT molecular complexity index is 669. The molecule has 0 spiro atoms. The second-order valence-corrected chi connectivity index (χ2v) is 11.2. The van der Waals surface area contributed by atoms with Gasteiger partial charge in [0, 0.05) is 13.1 Å². The lowest BCUT2D eigenvalue weighted by Gasteiger charge is -2.40. The monoisotopic (exact) mass is 506 g/mol. The Kier molecular flexibility index (Phi) is 12.9. The highest BCUT2D eigenvalue weighted by Crippen LogP contribution is 2.35. The van der Waals surface area contributed by atoms with E-state index in [0.717, 1.165) is 38.8 Å². The van der Waals surface area contributed by atoms with Crippen molar-refractivity contribution in [1.82, 2.24) is 10.2 Å². The molecule has 0 unspecified atom stereocenters. The fourth-order valence-corrected chi connectivity index (χ4v) is 4.39. The molecule has 1 amide bonds. The molecule has 9 heteroatoms. The van der Waals surface area contributed by atoms with Crippen molar-refractivity contribution in [2.45, 2.75) is 79.8 Å². The predicted octanol–water partition coefficient (Wildman–Crippen LogP) is 4.44. The van der Waals surface area contributed by atoms with Crippen molar-refractivity contribution in [3.8, 4) is 0 Å². The molecule has 34 heavy (non-hydrogen) atoms. The van der Waals surface area contributed by atoms with Crippen molar-refractivity contribution >= 4 is 30.4 Å². The van der Waals surface area contributed by atoms with Gasteiger partial charge in [0.05, 0.1) is 25.0 Å². The molecule has 0 saturated carbocycles. The summed E-state index contributed by atoms with van der Waals surface area (Å²) < 4.78 is 15.1. The molecule has 2 rings (SSSR count). The zero-order valence-corrected chi connectivity index (χ0v) is 23.4. The highest BCUT2D eigenvalue weighted by atomic mass is 35.5. The van der Waals surface area contributed by atoms with Gasteiger partial charge in [-0.3, -0.25) is 9.59 Å². The van der Waals surface area contributed by atoms with Gasteiger partial charge in [-0.05, 0) is 99.1 Å². The molecule has 1 N–H and O–H groups in total. The van der Waals surface area contributed by atoms with Crippen molar-refractivity contribution in [3.63, 3.8) is 0 Å². The van der Waals surface area contributed by atoms with Crippen LogP contribution in [0.3, 0.4) is 0 Å². The number of hydrogen-bond donors (Lipinski definition) is 1. The summed E-state index contributed by atoms with van der Waals surface area (Å²) in [6, 6.07) is 0. The number of likely N-dealkylation sites (tertiary alicyclic amines) is 1. The Hall–Kier alpha value is -1.54. The van der Waals surface area contributed by atoms with Crippen LogP contribution in [0.5, 0.6) is 0 Å². The maximum absolute atomic E-state index is 12.1. The number of hydrogen-bond acceptors (Lipinski definition) is 7. The molecule has 2 saturated heterocycles. The van der Waals surface area contributed by atoms with Crippen LogP contribution in [-0.2, 0) is 23.8 Å². The molecule has 0 aromatic rings. The Morgan fingerprint density at radius 3 is 1.76 bits per heavy atom. The molecular formula is C25H47ClN2O6. The van der Waals surface area contributed by atoms with Crippen LogP contribution in [-0.4, -0.2) is 68.9 Å². The molecule has 2 fully saturated rings. The number of amides is 1. The van der Waals surface area contributed by atoms with Crippen molar-refractivity contribution < 1.29 is 28.6 Å². The Morgan fingerprint density at radius 1 is 0.824 bits per heavy atom. The maximum atomic E-state index is 12.1. The number of piperidine rings is 2. The molecule has 0 aliphatic carbocycles. The molecule has 2 atom stereocenters. The summed E-state index contributed by atoms with van der Waals surface area (Å²) in [5.41, 5.74) is -1.43. The standard InChI is InChI=1S/C15H27NO4.C10H19NO2.ClH/c1-14(2,3)20-13(18)16-9-7-8-11(10-16)15(4,5)12(17)19-6;1-10(2,9(12)13-3)8-5-4-6-11-7-8;/h11H,7-10H2,1-6H3;8,11H,4-7H2,1-3H3;1H/t11-;8-;/m00./s1. The van der Waals surface area contributed by atoms with Gasteiger partial charge in [0.15, 0.2) is 0 Å². The second-order valence-electron chi connectivity index (χ2n) is 11.2. The number of rotatable bonds is 4. The number of ether oxygens (including phenoxy) is 3. The van der Waals surface area contributed by atoms with Crippen LogP contribution in [0.2, 0.25) is 0 Å². The maximum Gasteiger partial charge on any atom is 0.410 e. The number of carbonyl (C=O) groups is 3. The van der Waals surface area contributed by atoms with Gasteiger partial charge in [-0.1, -0.05) is 0 Å². The van der Waals surface area contributed by atoms with Gasteiger partial charge in [0.2, 0.25) is 0 Å². The summed E-state index contributed by atoms with van der Waals surface area (Å²) in [5, 5.41) is 3.31. The minimum absolute atomic E-state index is 0. The Balaban J connectivity index is 0.000000676. The van der Waals surface area contributed by atoms with Crippen LogP contribution in [0.4, 0.5) is 4.79 Å². The molecule has 200 valence electrons. The van der Waals surface area contributed by atoms with Crippen LogP contribution in [0.25, 0.3) is 0 Å². The van der Waals surface area contributed by atoms with Crippen LogP contribution < -0.4 is 5.32 Å². The molecule has 0 aromatic carbocycles. The first-order valence-corrected chi connectivity index (χ1v) is 12.0. The first kappa shape index (κ1) is 32.5. The number of carbonyl (C=O) groups excluding carboxylic acids is 3. The van der Waals surface area contributed by atoms with E-state index in [4.69, 9.17) is 14.2 Å². The molecule has 2 heterocycles. The summed E-state index contributed by atoms with van der Waals surface area (Å²) in [5.74, 6) is 0.180. The van der Waals surface area contributed by atoms with Crippen molar-refractivity contribution in [3.05, 3.63) is 0 Å². The predicted molar refractivity (Wildman–Crippen MR) is 135 cm³/mol. The van der Waals surface area contributed by atoms with Gasteiger partial charge in [-0.15, -0.1) is 12.4 Å². The van der Waals surface area contributed by atoms with Gasteiger partial charge in [-0.2, -0.15) is 0 Å². The zero-order valence-electron chi connectivity index (χ0n) is 22.6. The summed E-state index contributed by atoms with van der Waals surface area (Å²) >= 11 is 0. The summed E-state index contributed by atoms with van der Waals surface area (Å²) in [6.45, 7) is 16.5. The Morgan fingerprint density at radius 2 is 1.32 bits per heavy atom. The fraction of sp³-hybridized carbons (Fsp3) is 0.880. The lowest BCUT2D eigenvalue weighted by atomic mass is 9.74. The molecule has 0 radical (unpaired) electrons. The number of nitrogens with zero attached hydrogens (tertiary/aromatic N) is 1. The van der Waals surface area contributed by atoms with E-state index in [1.54, 1.807) is 4.90 Å². The summed E-state index contributed by atoms with van der Waals surface area (Å²) in [4.78, 5) is 37.2. The molecule has 0 bridgehead atoms. The number of nitrogens with one attached hydrogen (secondary N) is 1. The van der Waals surface area contributed by atoms with Gasteiger partial charge in [-0.25, -0.2) is 4.79 Å². The van der Waals surface area contributed by atoms with Crippen LogP contribution in [0.1, 0.15) is 74.1 Å². The normalized spacial score (nSPS) is 21.3. The quantitative estimate of drug-likeness (QED) is 0.445. The lowest BCUT2D eigenvalue weighted by Crippen LogP contribution is -2.48. The molecule has 2 aliphatic heterocycles. The van der Waals surface area contributed by atoms with Gasteiger partial charge in [0.1, 0.15) is 5.60 Å². The second kappa shape index (κ2) is 13.5. The third kappa shape index (κ3) is 9.25. The SMILES string of the molecule is COC(=O)C(C)(C)[C@H]1CCCN(C(=O)OC(C)(C)C)C1.COC(=O)C(C)(C)[C@H]1CCCNC1.Cl. The van der Waals surface area contributed by atoms with E-state index in [1.165, 1.54) is 14.2 Å². The van der Waals surface area contributed by atoms with E-state index in [-0.39, 0.29) is 41.8 Å². The van der Waals surface area contributed by atoms with Crippen molar-refractivity contribution in [1.29, 1.82) is 0 Å². The van der Waals surface area contributed by atoms with E-state index in [1.807, 2.05) is 48.5 Å². The average Bonchev–Trinajstić information content (AvgIpc) is 2.77. The van der Waals surface area contributed by atoms with E-state index in [9.17, 15) is 14.4 Å². The van der Waals surface area contributed by atoms with Gasteiger partial charge >= 0.3 is 18.0 Å². The highest BCUT2D eigenvalue weighted by Gasteiger charge is 2.41. The van der Waals surface area contributed by atoms with Crippen LogP contribution >= 0.6 is 12.4 Å². The molecular weight excluding hydrogens is 460 g/mol. The minimum atomic E-state index is -0.588. The third-order valence-corrected chi connectivity index (χ3v) is 6.83. The number of esters is 2. The smallest absolute Gasteiger partial charge is 0.410 e.